The first kappa shape index (κ1) is 13.0. The van der Waals surface area contributed by atoms with Crippen LogP contribution in [0, 0.1) is 0 Å². The number of nitrogens with one attached hydrogen (secondary N) is 1. The van der Waals surface area contributed by atoms with Gasteiger partial charge in [-0.05, 0) is 23.8 Å². The van der Waals surface area contributed by atoms with E-state index >= 15 is 0 Å². The zero-order chi connectivity index (χ0) is 14.3. The van der Waals surface area contributed by atoms with Crippen molar-refractivity contribution in [2.24, 2.45) is 10.8 Å². The number of thiocarbonyl (C=S) groups is 1. The molecule has 6 heteroatoms. The smallest absolute Gasteiger partial charge is 0.208 e. The maximum absolute atomic E-state index is 5.31. The molecule has 0 amide bonds. The molecule has 20 heavy (non-hydrogen) atoms. The third-order valence-corrected chi connectivity index (χ3v) is 3.89. The Morgan fingerprint density at radius 3 is 2.80 bits per heavy atom. The summed E-state index contributed by atoms with van der Waals surface area (Å²) in [5.74, 6) is 5.31. The molecule has 0 saturated heterocycles. The Morgan fingerprint density at radius 2 is 2.10 bits per heavy atom. The van der Waals surface area contributed by atoms with E-state index in [1.807, 2.05) is 24.4 Å². The summed E-state index contributed by atoms with van der Waals surface area (Å²) in [6.45, 7) is 4.32. The van der Waals surface area contributed by atoms with Gasteiger partial charge in [-0.15, -0.1) is 0 Å². The summed E-state index contributed by atoms with van der Waals surface area (Å²) in [7, 11) is 0. The summed E-state index contributed by atoms with van der Waals surface area (Å²) >= 11 is 5.06. The van der Waals surface area contributed by atoms with E-state index in [0.29, 0.717) is 5.11 Å². The Bertz CT molecular complexity index is 714. The van der Waals surface area contributed by atoms with Crippen molar-refractivity contribution < 1.29 is 0 Å². The van der Waals surface area contributed by atoms with E-state index in [2.05, 4.69) is 30.4 Å². The lowest BCUT2D eigenvalue weighted by Gasteiger charge is -2.21. The highest BCUT2D eigenvalue weighted by atomic mass is 32.1. The van der Waals surface area contributed by atoms with E-state index in [1.54, 1.807) is 6.20 Å². The van der Waals surface area contributed by atoms with E-state index < -0.39 is 0 Å². The molecule has 0 aliphatic carbocycles. The minimum atomic E-state index is -0.151. The second kappa shape index (κ2) is 4.50. The highest BCUT2D eigenvalue weighted by Crippen LogP contribution is 2.41. The lowest BCUT2D eigenvalue weighted by atomic mass is 9.80. The van der Waals surface area contributed by atoms with Crippen molar-refractivity contribution in [2.45, 2.75) is 19.3 Å². The van der Waals surface area contributed by atoms with Crippen molar-refractivity contribution in [2.75, 3.05) is 0 Å². The van der Waals surface area contributed by atoms with Gasteiger partial charge in [0, 0.05) is 17.2 Å². The van der Waals surface area contributed by atoms with Gasteiger partial charge in [0.05, 0.1) is 17.6 Å². The molecule has 2 aromatic rings. The molecule has 102 valence electrons. The minimum absolute atomic E-state index is 0.151. The number of aliphatic imine (C=N–C) groups is 1. The quantitative estimate of drug-likeness (QED) is 0.477. The first-order valence-electron chi connectivity index (χ1n) is 6.28. The molecule has 3 rings (SSSR count). The van der Waals surface area contributed by atoms with Gasteiger partial charge in [-0.25, -0.2) is 10.5 Å². The number of rotatable bonds is 1. The van der Waals surface area contributed by atoms with Crippen LogP contribution in [0.4, 0.5) is 5.69 Å². The lowest BCUT2D eigenvalue weighted by Crippen LogP contribution is -2.34. The van der Waals surface area contributed by atoms with Crippen LogP contribution in [0.25, 0.3) is 0 Å². The van der Waals surface area contributed by atoms with Crippen molar-refractivity contribution in [1.82, 2.24) is 15.2 Å². The molecule has 2 heterocycles. The largest absolute Gasteiger partial charge is 0.299 e. The maximum atomic E-state index is 5.31. The van der Waals surface area contributed by atoms with Gasteiger partial charge in [0.15, 0.2) is 0 Å². The van der Waals surface area contributed by atoms with Gasteiger partial charge < -0.3 is 0 Å². The lowest BCUT2D eigenvalue weighted by molar-refractivity contribution is 0.737. The predicted octanol–water partition coefficient (Wildman–Crippen LogP) is 1.89. The molecule has 5 nitrogen and oxygen atoms in total. The Kier molecular flexibility index (Phi) is 2.92. The Morgan fingerprint density at radius 1 is 1.35 bits per heavy atom. The molecule has 0 saturated carbocycles. The summed E-state index contributed by atoms with van der Waals surface area (Å²) in [5.41, 5.74) is 6.44. The van der Waals surface area contributed by atoms with Crippen LogP contribution in [-0.4, -0.2) is 20.6 Å². The highest BCUT2D eigenvalue weighted by Gasteiger charge is 2.36. The van der Waals surface area contributed by atoms with E-state index in [-0.39, 0.29) is 5.41 Å². The van der Waals surface area contributed by atoms with Crippen LogP contribution in [0.3, 0.4) is 0 Å². The molecule has 1 aromatic heterocycles. The first-order valence-corrected chi connectivity index (χ1v) is 6.69. The minimum Gasteiger partial charge on any atom is -0.299 e. The van der Waals surface area contributed by atoms with Crippen molar-refractivity contribution in [3.8, 4) is 0 Å². The molecule has 1 aliphatic rings. The highest BCUT2D eigenvalue weighted by molar-refractivity contribution is 7.80. The van der Waals surface area contributed by atoms with Gasteiger partial charge in [-0.3, -0.25) is 10.4 Å². The summed E-state index contributed by atoms with van der Waals surface area (Å²) in [4.78, 5) is 4.74. The number of benzene rings is 1. The van der Waals surface area contributed by atoms with Crippen LogP contribution in [0.2, 0.25) is 0 Å². The van der Waals surface area contributed by atoms with Crippen LogP contribution in [0.5, 0.6) is 0 Å². The molecule has 0 fully saturated rings. The fraction of sp³-hybridized carbons (Fsp3) is 0.214. The molecular weight excluding hydrogens is 270 g/mol. The summed E-state index contributed by atoms with van der Waals surface area (Å²) in [5, 5.41) is 4.56. The van der Waals surface area contributed by atoms with Gasteiger partial charge in [-0.1, -0.05) is 32.0 Å². The first-order chi connectivity index (χ1) is 9.54. The normalized spacial score (nSPS) is 15.7. The zero-order valence-corrected chi connectivity index (χ0v) is 12.1. The Labute approximate surface area is 122 Å². The average Bonchev–Trinajstić information content (AvgIpc) is 3.02. The number of nitrogens with zero attached hydrogens (tertiary/aromatic N) is 3. The Hall–Kier alpha value is -2.05. The van der Waals surface area contributed by atoms with Crippen LogP contribution in [0.1, 0.15) is 25.0 Å². The van der Waals surface area contributed by atoms with Crippen molar-refractivity contribution in [1.29, 1.82) is 0 Å². The second-order valence-electron chi connectivity index (χ2n) is 5.23. The maximum Gasteiger partial charge on any atom is 0.208 e. The topological polar surface area (TPSA) is 68.2 Å². The number of hydrogen-bond donors (Lipinski definition) is 2. The summed E-state index contributed by atoms with van der Waals surface area (Å²) in [6, 6.07) is 8.18. The fourth-order valence-electron chi connectivity index (χ4n) is 2.54. The Balaban J connectivity index is 2.04. The summed E-state index contributed by atoms with van der Waals surface area (Å²) in [6.07, 6.45) is 3.60. The van der Waals surface area contributed by atoms with Crippen LogP contribution < -0.4 is 11.3 Å². The molecule has 0 radical (unpaired) electrons. The van der Waals surface area contributed by atoms with Crippen LogP contribution in [-0.2, 0) is 5.41 Å². The standard InChI is InChI=1S/C14H15N5S/c1-14(2)10-5-3-4-6-11(10)17-12(14)9-7-16-19(8-9)13(20)18-15/h3-8H,15H2,1-2H3,(H,18,20). The number of nitrogens with two attached hydrogens (primary N) is 1. The van der Waals surface area contributed by atoms with E-state index in [0.717, 1.165) is 17.0 Å². The van der Waals surface area contributed by atoms with Crippen molar-refractivity contribution in [3.05, 3.63) is 47.8 Å². The average molecular weight is 285 g/mol. The molecule has 0 atom stereocenters. The third kappa shape index (κ3) is 1.85. The van der Waals surface area contributed by atoms with Gasteiger partial charge in [0.2, 0.25) is 5.11 Å². The predicted molar refractivity (Wildman–Crippen MR) is 83.2 cm³/mol. The van der Waals surface area contributed by atoms with Gasteiger partial charge in [0.25, 0.3) is 0 Å². The number of fused-ring (bicyclic) bond motifs is 1. The van der Waals surface area contributed by atoms with E-state index in [4.69, 9.17) is 23.1 Å². The summed E-state index contributed by atoms with van der Waals surface area (Å²) < 4.78 is 1.53. The molecule has 1 aromatic carbocycles. The van der Waals surface area contributed by atoms with Gasteiger partial charge in [0.1, 0.15) is 0 Å². The zero-order valence-electron chi connectivity index (χ0n) is 11.3. The van der Waals surface area contributed by atoms with E-state index in [9.17, 15) is 0 Å². The molecular formula is C14H15N5S. The number of aromatic nitrogens is 2. The number of hydrogen-bond acceptors (Lipinski definition) is 4. The van der Waals surface area contributed by atoms with Gasteiger partial charge in [-0.2, -0.15) is 5.10 Å². The fourth-order valence-corrected chi connectivity index (χ4v) is 2.63. The second-order valence-corrected chi connectivity index (χ2v) is 5.61. The third-order valence-electron chi connectivity index (χ3n) is 3.59. The number of hydrazine groups is 1. The van der Waals surface area contributed by atoms with Crippen LogP contribution in [0.15, 0.2) is 41.7 Å². The molecule has 0 unspecified atom stereocenters. The molecule has 0 bridgehead atoms. The molecule has 1 aliphatic heterocycles. The monoisotopic (exact) mass is 285 g/mol. The van der Waals surface area contributed by atoms with E-state index in [1.165, 1.54) is 10.2 Å². The molecule has 3 N–H and O–H groups in total. The number of para-hydroxylation sites is 1. The van der Waals surface area contributed by atoms with Crippen molar-refractivity contribution >= 4 is 28.7 Å². The SMILES string of the molecule is CC1(C)C(c2cnn(C(=S)NN)c2)=Nc2ccccc21. The van der Waals surface area contributed by atoms with Crippen LogP contribution >= 0.6 is 12.2 Å². The van der Waals surface area contributed by atoms with Crippen molar-refractivity contribution in [3.63, 3.8) is 0 Å². The molecule has 0 spiro atoms. The van der Waals surface area contributed by atoms with Gasteiger partial charge >= 0.3 is 0 Å².